The number of benzene rings is 2. The van der Waals surface area contributed by atoms with Crippen molar-refractivity contribution in [3.05, 3.63) is 82.3 Å². The van der Waals surface area contributed by atoms with Crippen LogP contribution in [-0.4, -0.2) is 45.7 Å². The number of ether oxygens (including phenoxy) is 1. The second kappa shape index (κ2) is 10.7. The topological polar surface area (TPSA) is 27.7 Å². The molecule has 1 N–H and O–H groups in total. The Morgan fingerprint density at radius 3 is 2.42 bits per heavy atom. The number of para-hydroxylation sites is 2. The zero-order valence-corrected chi connectivity index (χ0v) is 20.6. The Kier molecular flexibility index (Phi) is 7.68. The van der Waals surface area contributed by atoms with Gasteiger partial charge in [-0.2, -0.15) is 0 Å². The molecule has 4 rings (SSSR count). The summed E-state index contributed by atoms with van der Waals surface area (Å²) in [4.78, 5) is 5.98. The van der Waals surface area contributed by atoms with Crippen molar-refractivity contribution in [2.75, 3.05) is 45.7 Å². The summed E-state index contributed by atoms with van der Waals surface area (Å²) in [5.41, 5.74) is 2.24. The fourth-order valence-corrected chi connectivity index (χ4v) is 5.64. The van der Waals surface area contributed by atoms with Crippen molar-refractivity contribution in [1.82, 2.24) is 10.2 Å². The Hall–Kier alpha value is -2.41. The van der Waals surface area contributed by atoms with Gasteiger partial charge in [0.25, 0.3) is 0 Å². The second-order valence-electron chi connectivity index (χ2n) is 8.90. The van der Waals surface area contributed by atoms with Gasteiger partial charge in [-0.15, -0.1) is 11.3 Å². The van der Waals surface area contributed by atoms with Crippen LogP contribution in [-0.2, 0) is 5.54 Å². The minimum Gasteiger partial charge on any atom is -0.483 e. The minimum atomic E-state index is -0.185. The third-order valence-electron chi connectivity index (χ3n) is 6.82. The molecule has 1 fully saturated rings. The predicted octanol–water partition coefficient (Wildman–Crippen LogP) is 5.67. The van der Waals surface area contributed by atoms with Gasteiger partial charge in [0, 0.05) is 29.9 Å². The van der Waals surface area contributed by atoms with Gasteiger partial charge in [-0.05, 0) is 81.8 Å². The third kappa shape index (κ3) is 5.24. The lowest BCUT2D eigenvalue weighted by Crippen LogP contribution is -2.50. The molecule has 0 saturated carbocycles. The Morgan fingerprint density at radius 2 is 1.79 bits per heavy atom. The number of piperidine rings is 1. The minimum absolute atomic E-state index is 0.0310. The van der Waals surface area contributed by atoms with Gasteiger partial charge in [-0.1, -0.05) is 30.3 Å². The monoisotopic (exact) mass is 467 g/mol. The molecule has 0 bridgehead atoms. The zero-order chi connectivity index (χ0) is 23.3. The largest absolute Gasteiger partial charge is 0.483 e. The van der Waals surface area contributed by atoms with Crippen molar-refractivity contribution < 1.29 is 9.13 Å². The van der Waals surface area contributed by atoms with Gasteiger partial charge in [-0.25, -0.2) is 4.39 Å². The van der Waals surface area contributed by atoms with E-state index in [1.54, 1.807) is 23.5 Å². The summed E-state index contributed by atoms with van der Waals surface area (Å²) in [6.45, 7) is 2.73. The molecule has 0 amide bonds. The molecule has 2 heterocycles. The summed E-state index contributed by atoms with van der Waals surface area (Å²) in [6, 6.07) is 19.7. The molecule has 1 atom stereocenters. The van der Waals surface area contributed by atoms with Gasteiger partial charge < -0.3 is 15.0 Å². The molecule has 1 aromatic heterocycles. The Bertz CT molecular complexity index is 998. The highest BCUT2D eigenvalue weighted by Crippen LogP contribution is 2.41. The molecule has 0 aliphatic carbocycles. The highest BCUT2D eigenvalue weighted by molar-refractivity contribution is 7.10. The Morgan fingerprint density at radius 1 is 1.06 bits per heavy atom. The number of nitrogens with one attached hydrogen (secondary N) is 1. The first kappa shape index (κ1) is 23.7. The van der Waals surface area contributed by atoms with Gasteiger partial charge in [0.2, 0.25) is 0 Å². The van der Waals surface area contributed by atoms with Crippen LogP contribution in [0.25, 0.3) is 0 Å². The van der Waals surface area contributed by atoms with Crippen LogP contribution in [0.5, 0.6) is 5.75 Å². The van der Waals surface area contributed by atoms with Crippen LogP contribution in [0.4, 0.5) is 10.1 Å². The molecule has 2 aromatic carbocycles. The average Bonchev–Trinajstić information content (AvgIpc) is 3.37. The maximum Gasteiger partial charge on any atom is 0.143 e. The Labute approximate surface area is 201 Å². The summed E-state index contributed by atoms with van der Waals surface area (Å²) in [5, 5.41) is 5.36. The van der Waals surface area contributed by atoms with Crippen LogP contribution >= 0.6 is 11.3 Å². The van der Waals surface area contributed by atoms with Crippen molar-refractivity contribution in [2.24, 2.45) is 0 Å². The maximum atomic E-state index is 13.6. The third-order valence-corrected chi connectivity index (χ3v) is 7.78. The molecule has 1 aliphatic heterocycles. The number of hydrogen-bond donors (Lipinski definition) is 1. The summed E-state index contributed by atoms with van der Waals surface area (Å²) in [5.74, 6) is 0.751. The van der Waals surface area contributed by atoms with Crippen molar-refractivity contribution >= 4 is 17.0 Å². The van der Waals surface area contributed by atoms with Crippen molar-refractivity contribution in [1.29, 1.82) is 0 Å². The standard InChI is InChI=1S/C27H34FN3OS/c1-29-17-14-25(26-9-6-20-33-26)32-24-8-5-4-7-23(24)31-18-15-27(16-19-31,30(2)3)21-10-12-22(28)13-11-21/h4-13,20,25,29H,14-19H2,1-3H3. The van der Waals surface area contributed by atoms with Gasteiger partial charge in [0.15, 0.2) is 0 Å². The molecule has 33 heavy (non-hydrogen) atoms. The van der Waals surface area contributed by atoms with E-state index in [1.807, 2.05) is 19.2 Å². The highest BCUT2D eigenvalue weighted by Gasteiger charge is 2.38. The lowest BCUT2D eigenvalue weighted by molar-refractivity contribution is 0.115. The maximum absolute atomic E-state index is 13.6. The van der Waals surface area contributed by atoms with Gasteiger partial charge in [0.05, 0.1) is 5.69 Å². The van der Waals surface area contributed by atoms with Crippen LogP contribution in [0.3, 0.4) is 0 Å². The number of thiophene rings is 1. The lowest BCUT2D eigenvalue weighted by Gasteiger charge is -2.47. The van der Waals surface area contributed by atoms with Crippen molar-refractivity contribution in [2.45, 2.75) is 30.9 Å². The summed E-state index contributed by atoms with van der Waals surface area (Å²) in [6.07, 6.45) is 2.88. The number of rotatable bonds is 9. The van der Waals surface area contributed by atoms with E-state index in [0.717, 1.165) is 50.3 Å². The molecule has 176 valence electrons. The molecule has 3 aromatic rings. The van der Waals surface area contributed by atoms with Gasteiger partial charge >= 0.3 is 0 Å². The molecule has 1 unspecified atom stereocenters. The van der Waals surface area contributed by atoms with E-state index in [-0.39, 0.29) is 17.5 Å². The zero-order valence-electron chi connectivity index (χ0n) is 19.8. The summed E-state index contributed by atoms with van der Waals surface area (Å²) >= 11 is 1.75. The normalized spacial score (nSPS) is 16.7. The van der Waals surface area contributed by atoms with Crippen LogP contribution in [0.1, 0.15) is 35.8 Å². The first-order valence-electron chi connectivity index (χ1n) is 11.7. The molecule has 6 heteroatoms. The van der Waals surface area contributed by atoms with E-state index < -0.39 is 0 Å². The van der Waals surface area contributed by atoms with E-state index in [9.17, 15) is 4.39 Å². The number of hydrogen-bond acceptors (Lipinski definition) is 5. The molecular formula is C27H34FN3OS. The van der Waals surface area contributed by atoms with Crippen molar-refractivity contribution in [3.63, 3.8) is 0 Å². The average molecular weight is 468 g/mol. The fraction of sp³-hybridized carbons (Fsp3) is 0.407. The smallest absolute Gasteiger partial charge is 0.143 e. The number of anilines is 1. The molecule has 0 radical (unpaired) electrons. The molecule has 4 nitrogen and oxygen atoms in total. The van der Waals surface area contributed by atoms with Crippen molar-refractivity contribution in [3.8, 4) is 5.75 Å². The SMILES string of the molecule is CNCCC(Oc1ccccc1N1CCC(c2ccc(F)cc2)(N(C)C)CC1)c1cccs1. The highest BCUT2D eigenvalue weighted by atomic mass is 32.1. The van der Waals surface area contributed by atoms with Crippen LogP contribution in [0, 0.1) is 5.82 Å². The molecular weight excluding hydrogens is 433 g/mol. The van der Waals surface area contributed by atoms with Crippen LogP contribution in [0.2, 0.25) is 0 Å². The van der Waals surface area contributed by atoms with E-state index in [0.29, 0.717) is 0 Å². The predicted molar refractivity (Wildman–Crippen MR) is 136 cm³/mol. The lowest BCUT2D eigenvalue weighted by atomic mass is 9.79. The number of halogens is 1. The first-order chi connectivity index (χ1) is 16.0. The molecule has 1 saturated heterocycles. The number of nitrogens with zero attached hydrogens (tertiary/aromatic N) is 2. The molecule has 0 spiro atoms. The quantitative estimate of drug-likeness (QED) is 0.439. The van der Waals surface area contributed by atoms with Crippen LogP contribution < -0.4 is 15.0 Å². The fourth-order valence-electron chi connectivity index (χ4n) is 4.85. The van der Waals surface area contributed by atoms with Crippen LogP contribution in [0.15, 0.2) is 66.0 Å². The van der Waals surface area contributed by atoms with E-state index >= 15 is 0 Å². The van der Waals surface area contributed by atoms with E-state index in [4.69, 9.17) is 4.74 Å². The van der Waals surface area contributed by atoms with Gasteiger partial charge in [0.1, 0.15) is 17.7 Å². The van der Waals surface area contributed by atoms with E-state index in [1.165, 1.54) is 10.4 Å². The second-order valence-corrected chi connectivity index (χ2v) is 9.88. The summed E-state index contributed by atoms with van der Waals surface area (Å²) in [7, 11) is 6.23. The summed E-state index contributed by atoms with van der Waals surface area (Å²) < 4.78 is 20.2. The van der Waals surface area contributed by atoms with E-state index in [2.05, 4.69) is 71.0 Å². The first-order valence-corrected chi connectivity index (χ1v) is 12.5. The molecule has 1 aliphatic rings. The van der Waals surface area contributed by atoms with Gasteiger partial charge in [-0.3, -0.25) is 4.90 Å². The Balaban J connectivity index is 1.53.